The Morgan fingerprint density at radius 1 is 1.22 bits per heavy atom. The molecule has 5 nitrogen and oxygen atoms in total. The van der Waals surface area contributed by atoms with E-state index in [-0.39, 0.29) is 11.3 Å². The Balaban J connectivity index is 2.79. The average molecular weight is 286 g/mol. The van der Waals surface area contributed by atoms with Crippen LogP contribution in [0, 0.1) is 0 Å². The standard InChI is InChI=1S/C9H11ClF3N3O2/c1-3-4-17-7-14-6(10)15-8(16-7)18-5(2)9(11,12)13/h5H,3-4H2,1-2H3. The average Bonchev–Trinajstić information content (AvgIpc) is 2.24. The third kappa shape index (κ3) is 4.52. The summed E-state index contributed by atoms with van der Waals surface area (Å²) in [6, 6.07) is -0.688. The molecule has 0 amide bonds. The molecule has 1 atom stereocenters. The van der Waals surface area contributed by atoms with Crippen molar-refractivity contribution in [1.29, 1.82) is 0 Å². The van der Waals surface area contributed by atoms with Gasteiger partial charge < -0.3 is 9.47 Å². The minimum atomic E-state index is -4.51. The van der Waals surface area contributed by atoms with Crippen LogP contribution in [0.1, 0.15) is 20.3 Å². The fourth-order valence-electron chi connectivity index (χ4n) is 0.850. The minimum Gasteiger partial charge on any atom is -0.463 e. The van der Waals surface area contributed by atoms with Gasteiger partial charge in [-0.2, -0.15) is 23.1 Å². The molecule has 0 aromatic carbocycles. The van der Waals surface area contributed by atoms with Crippen molar-refractivity contribution in [1.82, 2.24) is 15.0 Å². The third-order valence-electron chi connectivity index (χ3n) is 1.75. The summed E-state index contributed by atoms with van der Waals surface area (Å²) in [5.74, 6) is 0. The Labute approximate surface area is 106 Å². The molecule has 1 rings (SSSR count). The lowest BCUT2D eigenvalue weighted by Gasteiger charge is -2.16. The molecule has 18 heavy (non-hydrogen) atoms. The van der Waals surface area contributed by atoms with Crippen LogP contribution >= 0.6 is 11.6 Å². The molecule has 0 aliphatic carbocycles. The second-order valence-electron chi connectivity index (χ2n) is 3.32. The molecule has 1 heterocycles. The highest BCUT2D eigenvalue weighted by atomic mass is 35.5. The molecule has 102 valence electrons. The Kier molecular flexibility index (Phi) is 4.94. The van der Waals surface area contributed by atoms with E-state index in [0.717, 1.165) is 6.92 Å². The maximum atomic E-state index is 12.3. The predicted molar refractivity (Wildman–Crippen MR) is 56.8 cm³/mol. The quantitative estimate of drug-likeness (QED) is 0.832. The summed E-state index contributed by atoms with van der Waals surface area (Å²) in [5.41, 5.74) is 0. The number of hydrogen-bond donors (Lipinski definition) is 0. The number of rotatable bonds is 5. The first-order valence-corrected chi connectivity index (χ1v) is 5.48. The van der Waals surface area contributed by atoms with E-state index < -0.39 is 18.3 Å². The number of halogens is 4. The van der Waals surface area contributed by atoms with Crippen LogP contribution in [0.15, 0.2) is 0 Å². The first kappa shape index (κ1) is 14.7. The van der Waals surface area contributed by atoms with Gasteiger partial charge in [-0.25, -0.2) is 0 Å². The van der Waals surface area contributed by atoms with Gasteiger partial charge in [0, 0.05) is 0 Å². The van der Waals surface area contributed by atoms with Crippen LogP contribution in [0.25, 0.3) is 0 Å². The SMILES string of the molecule is CCCOc1nc(Cl)nc(OC(C)C(F)(F)F)n1. The molecular formula is C9H11ClF3N3O2. The summed E-state index contributed by atoms with van der Waals surface area (Å²) >= 11 is 5.52. The van der Waals surface area contributed by atoms with Crippen molar-refractivity contribution in [3.63, 3.8) is 0 Å². The molecule has 0 N–H and O–H groups in total. The predicted octanol–water partition coefficient (Wildman–Crippen LogP) is 2.64. The van der Waals surface area contributed by atoms with Crippen molar-refractivity contribution >= 4 is 11.6 Å². The fraction of sp³-hybridized carbons (Fsp3) is 0.667. The first-order chi connectivity index (χ1) is 8.32. The van der Waals surface area contributed by atoms with Gasteiger partial charge in [0.1, 0.15) is 0 Å². The van der Waals surface area contributed by atoms with Crippen LogP contribution in [-0.4, -0.2) is 33.8 Å². The molecule has 0 fully saturated rings. The van der Waals surface area contributed by atoms with E-state index in [2.05, 4.69) is 19.7 Å². The Morgan fingerprint density at radius 2 is 1.83 bits per heavy atom. The van der Waals surface area contributed by atoms with Crippen LogP contribution in [0.4, 0.5) is 13.2 Å². The van der Waals surface area contributed by atoms with Gasteiger partial charge in [0.2, 0.25) is 5.28 Å². The Hall–Kier alpha value is -1.31. The van der Waals surface area contributed by atoms with Crippen molar-refractivity contribution < 1.29 is 22.6 Å². The van der Waals surface area contributed by atoms with Crippen LogP contribution in [0.3, 0.4) is 0 Å². The molecule has 0 aliphatic rings. The topological polar surface area (TPSA) is 57.1 Å². The van der Waals surface area contributed by atoms with Gasteiger partial charge in [0.25, 0.3) is 0 Å². The highest BCUT2D eigenvalue weighted by molar-refractivity contribution is 6.28. The van der Waals surface area contributed by atoms with Crippen LogP contribution < -0.4 is 9.47 Å². The van der Waals surface area contributed by atoms with Gasteiger partial charge in [-0.05, 0) is 24.9 Å². The van der Waals surface area contributed by atoms with Crippen LogP contribution in [-0.2, 0) is 0 Å². The second kappa shape index (κ2) is 6.03. The highest BCUT2D eigenvalue weighted by Gasteiger charge is 2.38. The normalized spacial score (nSPS) is 13.2. The lowest BCUT2D eigenvalue weighted by Crippen LogP contribution is -2.31. The van der Waals surface area contributed by atoms with E-state index in [9.17, 15) is 13.2 Å². The van der Waals surface area contributed by atoms with Gasteiger partial charge in [0.15, 0.2) is 6.10 Å². The largest absolute Gasteiger partial charge is 0.463 e. The van der Waals surface area contributed by atoms with Crippen LogP contribution in [0.2, 0.25) is 5.28 Å². The maximum Gasteiger partial charge on any atom is 0.425 e. The van der Waals surface area contributed by atoms with Gasteiger partial charge >= 0.3 is 18.2 Å². The van der Waals surface area contributed by atoms with Crippen LogP contribution in [0.5, 0.6) is 12.0 Å². The Morgan fingerprint density at radius 3 is 2.39 bits per heavy atom. The molecule has 0 saturated heterocycles. The number of alkyl halides is 3. The maximum absolute atomic E-state index is 12.3. The molecular weight excluding hydrogens is 275 g/mol. The number of hydrogen-bond acceptors (Lipinski definition) is 5. The fourth-order valence-corrected chi connectivity index (χ4v) is 0.995. The molecule has 1 aromatic heterocycles. The monoisotopic (exact) mass is 285 g/mol. The second-order valence-corrected chi connectivity index (χ2v) is 3.66. The highest BCUT2D eigenvalue weighted by Crippen LogP contribution is 2.24. The lowest BCUT2D eigenvalue weighted by molar-refractivity contribution is -0.190. The smallest absolute Gasteiger partial charge is 0.425 e. The van der Waals surface area contributed by atoms with E-state index in [1.165, 1.54) is 0 Å². The lowest BCUT2D eigenvalue weighted by atomic mass is 10.4. The summed E-state index contributed by atoms with van der Waals surface area (Å²) in [5, 5.41) is -0.291. The van der Waals surface area contributed by atoms with E-state index in [0.29, 0.717) is 13.0 Å². The van der Waals surface area contributed by atoms with Gasteiger partial charge in [-0.15, -0.1) is 4.98 Å². The van der Waals surface area contributed by atoms with E-state index in [4.69, 9.17) is 16.3 Å². The molecule has 0 saturated carbocycles. The molecule has 1 aromatic rings. The van der Waals surface area contributed by atoms with E-state index in [1.807, 2.05) is 6.92 Å². The summed E-state index contributed by atoms with van der Waals surface area (Å²) in [6.45, 7) is 3.00. The Bertz CT molecular complexity index is 403. The van der Waals surface area contributed by atoms with E-state index in [1.54, 1.807) is 0 Å². The molecule has 1 unspecified atom stereocenters. The summed E-state index contributed by atoms with van der Waals surface area (Å²) in [6.07, 6.45) is -5.86. The van der Waals surface area contributed by atoms with E-state index >= 15 is 0 Å². The molecule has 0 radical (unpaired) electrons. The minimum absolute atomic E-state index is 0.166. The zero-order chi connectivity index (χ0) is 13.8. The number of aromatic nitrogens is 3. The van der Waals surface area contributed by atoms with Crippen molar-refractivity contribution in [2.75, 3.05) is 6.61 Å². The van der Waals surface area contributed by atoms with Crippen molar-refractivity contribution in [2.45, 2.75) is 32.5 Å². The summed E-state index contributed by atoms with van der Waals surface area (Å²) in [7, 11) is 0. The van der Waals surface area contributed by atoms with Crippen molar-refractivity contribution in [3.05, 3.63) is 5.28 Å². The number of nitrogens with zero attached hydrogens (tertiary/aromatic N) is 3. The van der Waals surface area contributed by atoms with Gasteiger partial charge in [-0.1, -0.05) is 6.92 Å². The van der Waals surface area contributed by atoms with Crippen molar-refractivity contribution in [3.8, 4) is 12.0 Å². The zero-order valence-electron chi connectivity index (χ0n) is 9.66. The molecule has 0 aliphatic heterocycles. The van der Waals surface area contributed by atoms with Crippen molar-refractivity contribution in [2.24, 2.45) is 0 Å². The summed E-state index contributed by atoms with van der Waals surface area (Å²) < 4.78 is 46.4. The molecule has 0 bridgehead atoms. The van der Waals surface area contributed by atoms with Gasteiger partial charge in [-0.3, -0.25) is 0 Å². The van der Waals surface area contributed by atoms with Gasteiger partial charge in [0.05, 0.1) is 6.61 Å². The zero-order valence-corrected chi connectivity index (χ0v) is 10.4. The number of ether oxygens (including phenoxy) is 2. The molecule has 0 spiro atoms. The third-order valence-corrected chi connectivity index (χ3v) is 1.91. The summed E-state index contributed by atoms with van der Waals surface area (Å²) in [4.78, 5) is 10.6. The molecule has 9 heteroatoms. The first-order valence-electron chi connectivity index (χ1n) is 5.10.